The molecule has 7 heteroatoms. The number of halogens is 1. The van der Waals surface area contributed by atoms with E-state index in [1.165, 1.54) is 0 Å². The van der Waals surface area contributed by atoms with Gasteiger partial charge in [0.25, 0.3) is 0 Å². The highest BCUT2D eigenvalue weighted by molar-refractivity contribution is 9.10. The Labute approximate surface area is 100 Å². The van der Waals surface area contributed by atoms with E-state index in [0.29, 0.717) is 0 Å². The fraction of sp³-hybridized carbons (Fsp3) is 0.333. The summed E-state index contributed by atoms with van der Waals surface area (Å²) in [5.41, 5.74) is 0. The van der Waals surface area contributed by atoms with Crippen LogP contribution in [0.15, 0.2) is 23.3 Å². The zero-order valence-electron chi connectivity index (χ0n) is 8.41. The predicted octanol–water partition coefficient (Wildman–Crippen LogP) is 0.851. The van der Waals surface area contributed by atoms with Crippen molar-refractivity contribution in [2.75, 3.05) is 11.4 Å². The average Bonchev–Trinajstić information content (AvgIpc) is 2.75. The maximum Gasteiger partial charge on any atom is 0.152 e. The Balaban J connectivity index is 1.88. The fourth-order valence-electron chi connectivity index (χ4n) is 1.76. The van der Waals surface area contributed by atoms with Gasteiger partial charge >= 0.3 is 0 Å². The topological polar surface area (TPSA) is 59.7 Å². The molecule has 2 aromatic rings. The van der Waals surface area contributed by atoms with Crippen LogP contribution in [0.5, 0.6) is 0 Å². The van der Waals surface area contributed by atoms with E-state index in [-0.39, 0.29) is 0 Å². The predicted molar refractivity (Wildman–Crippen MR) is 60.8 cm³/mol. The number of nitrogens with zero attached hydrogens (tertiary/aromatic N) is 6. The molecule has 82 valence electrons. The van der Waals surface area contributed by atoms with Gasteiger partial charge in [-0.15, -0.1) is 10.2 Å². The molecule has 0 bridgehead atoms. The molecule has 0 saturated heterocycles. The Kier molecular flexibility index (Phi) is 2.32. The van der Waals surface area contributed by atoms with Gasteiger partial charge < -0.3 is 9.47 Å². The third kappa shape index (κ3) is 1.67. The Morgan fingerprint density at radius 1 is 1.25 bits per heavy atom. The number of hydrogen-bond donors (Lipinski definition) is 0. The summed E-state index contributed by atoms with van der Waals surface area (Å²) in [5.74, 6) is 1.89. The zero-order chi connectivity index (χ0) is 11.0. The molecule has 0 aliphatic carbocycles. The summed E-state index contributed by atoms with van der Waals surface area (Å²) >= 11 is 3.34. The van der Waals surface area contributed by atoms with Crippen molar-refractivity contribution in [2.24, 2.45) is 0 Å². The average molecular weight is 281 g/mol. The Hall–Kier alpha value is -1.50. The van der Waals surface area contributed by atoms with Crippen LogP contribution in [0.4, 0.5) is 5.82 Å². The smallest absolute Gasteiger partial charge is 0.152 e. The second-order valence-electron chi connectivity index (χ2n) is 3.56. The van der Waals surface area contributed by atoms with Crippen molar-refractivity contribution in [1.82, 2.24) is 24.7 Å². The summed E-state index contributed by atoms with van der Waals surface area (Å²) in [4.78, 5) is 10.4. The number of rotatable bonds is 1. The van der Waals surface area contributed by atoms with Crippen LogP contribution < -0.4 is 4.90 Å². The molecule has 0 fully saturated rings. The first-order chi connectivity index (χ1) is 7.83. The molecule has 0 unspecified atom stereocenters. The third-order valence-corrected chi connectivity index (χ3v) is 3.02. The molecule has 0 N–H and O–H groups in total. The van der Waals surface area contributed by atoms with Crippen molar-refractivity contribution in [2.45, 2.75) is 13.1 Å². The van der Waals surface area contributed by atoms with E-state index < -0.39 is 0 Å². The molecule has 1 aliphatic heterocycles. The molecule has 0 saturated carbocycles. The SMILES string of the molecule is Brc1cc(N2CCn3cnnc3C2)ncn1. The molecule has 3 heterocycles. The Bertz CT molecular complexity index is 510. The lowest BCUT2D eigenvalue weighted by Gasteiger charge is -2.27. The van der Waals surface area contributed by atoms with Gasteiger partial charge in [-0.05, 0) is 15.9 Å². The van der Waals surface area contributed by atoms with Gasteiger partial charge in [-0.2, -0.15) is 0 Å². The van der Waals surface area contributed by atoms with E-state index in [0.717, 1.165) is 35.9 Å². The quantitative estimate of drug-likeness (QED) is 0.725. The van der Waals surface area contributed by atoms with Crippen molar-refractivity contribution >= 4 is 21.7 Å². The molecule has 0 atom stereocenters. The molecule has 2 aromatic heterocycles. The highest BCUT2D eigenvalue weighted by Crippen LogP contribution is 2.19. The minimum atomic E-state index is 0.740. The standard InChI is InChI=1S/C9H9BrN6/c10-7-3-8(12-5-11-7)15-1-2-16-6-13-14-9(16)4-15/h3,5-6H,1-2,4H2. The first-order valence-corrected chi connectivity index (χ1v) is 5.71. The zero-order valence-corrected chi connectivity index (χ0v) is 10.0. The first-order valence-electron chi connectivity index (χ1n) is 4.92. The minimum Gasteiger partial charge on any atom is -0.347 e. The summed E-state index contributed by atoms with van der Waals surface area (Å²) in [6.07, 6.45) is 3.32. The summed E-state index contributed by atoms with van der Waals surface area (Å²) < 4.78 is 2.86. The van der Waals surface area contributed by atoms with Crippen LogP contribution in [-0.2, 0) is 13.1 Å². The summed E-state index contributed by atoms with van der Waals surface area (Å²) in [6.45, 7) is 2.54. The van der Waals surface area contributed by atoms with Crippen LogP contribution in [0.3, 0.4) is 0 Å². The van der Waals surface area contributed by atoms with Crippen LogP contribution in [0.25, 0.3) is 0 Å². The summed E-state index contributed by atoms with van der Waals surface area (Å²) in [7, 11) is 0. The molecule has 3 rings (SSSR count). The van der Waals surface area contributed by atoms with Gasteiger partial charge in [-0.1, -0.05) is 0 Å². The summed E-state index contributed by atoms with van der Waals surface area (Å²) in [5, 5.41) is 7.96. The molecule has 0 radical (unpaired) electrons. The maximum absolute atomic E-state index is 4.25. The lowest BCUT2D eigenvalue weighted by atomic mass is 10.3. The Morgan fingerprint density at radius 3 is 3.06 bits per heavy atom. The minimum absolute atomic E-state index is 0.740. The highest BCUT2D eigenvalue weighted by atomic mass is 79.9. The summed E-state index contributed by atoms with van der Waals surface area (Å²) in [6, 6.07) is 1.91. The molecular formula is C9H9BrN6. The van der Waals surface area contributed by atoms with E-state index in [1.54, 1.807) is 12.7 Å². The first kappa shape index (κ1) is 9.71. The monoisotopic (exact) mass is 280 g/mol. The van der Waals surface area contributed by atoms with Gasteiger partial charge in [0.2, 0.25) is 0 Å². The molecule has 0 spiro atoms. The van der Waals surface area contributed by atoms with E-state index >= 15 is 0 Å². The van der Waals surface area contributed by atoms with Crippen molar-refractivity contribution in [3.05, 3.63) is 29.1 Å². The van der Waals surface area contributed by atoms with Crippen LogP contribution in [0.1, 0.15) is 5.82 Å². The van der Waals surface area contributed by atoms with Crippen molar-refractivity contribution in [3.63, 3.8) is 0 Å². The van der Waals surface area contributed by atoms with Crippen LogP contribution in [0.2, 0.25) is 0 Å². The van der Waals surface area contributed by atoms with E-state index in [2.05, 4.69) is 45.6 Å². The molecule has 0 amide bonds. The van der Waals surface area contributed by atoms with Crippen LogP contribution in [0, 0.1) is 0 Å². The fourth-order valence-corrected chi connectivity index (χ4v) is 2.06. The normalized spacial score (nSPS) is 14.9. The number of fused-ring (bicyclic) bond motifs is 1. The van der Waals surface area contributed by atoms with Gasteiger partial charge in [0.1, 0.15) is 23.1 Å². The van der Waals surface area contributed by atoms with Gasteiger partial charge in [-0.3, -0.25) is 0 Å². The number of hydrogen-bond acceptors (Lipinski definition) is 5. The van der Waals surface area contributed by atoms with Crippen molar-refractivity contribution in [1.29, 1.82) is 0 Å². The molecule has 16 heavy (non-hydrogen) atoms. The highest BCUT2D eigenvalue weighted by Gasteiger charge is 2.18. The second kappa shape index (κ2) is 3.82. The van der Waals surface area contributed by atoms with Crippen molar-refractivity contribution in [3.8, 4) is 0 Å². The van der Waals surface area contributed by atoms with Crippen LogP contribution in [-0.4, -0.2) is 31.3 Å². The molecular weight excluding hydrogens is 272 g/mol. The van der Waals surface area contributed by atoms with Gasteiger partial charge in [0.05, 0.1) is 6.54 Å². The Morgan fingerprint density at radius 2 is 2.19 bits per heavy atom. The lowest BCUT2D eigenvalue weighted by molar-refractivity contribution is 0.555. The van der Waals surface area contributed by atoms with Crippen molar-refractivity contribution < 1.29 is 0 Å². The van der Waals surface area contributed by atoms with Gasteiger partial charge in [-0.25, -0.2) is 9.97 Å². The van der Waals surface area contributed by atoms with Crippen LogP contribution >= 0.6 is 15.9 Å². The number of aromatic nitrogens is 5. The molecule has 1 aliphatic rings. The third-order valence-electron chi connectivity index (χ3n) is 2.58. The number of anilines is 1. The molecule has 6 nitrogen and oxygen atoms in total. The molecule has 0 aromatic carbocycles. The maximum atomic E-state index is 4.25. The van der Waals surface area contributed by atoms with Gasteiger partial charge in [0, 0.05) is 19.2 Å². The lowest BCUT2D eigenvalue weighted by Crippen LogP contribution is -2.34. The second-order valence-corrected chi connectivity index (χ2v) is 4.37. The van der Waals surface area contributed by atoms with E-state index in [1.807, 2.05) is 6.07 Å². The van der Waals surface area contributed by atoms with E-state index in [9.17, 15) is 0 Å². The van der Waals surface area contributed by atoms with E-state index in [4.69, 9.17) is 0 Å². The van der Waals surface area contributed by atoms with Gasteiger partial charge in [0.15, 0.2) is 5.82 Å². The largest absolute Gasteiger partial charge is 0.347 e.